The lowest BCUT2D eigenvalue weighted by atomic mass is 9.97. The van der Waals surface area contributed by atoms with E-state index in [0.29, 0.717) is 6.42 Å². The van der Waals surface area contributed by atoms with Gasteiger partial charge in [0.05, 0.1) is 28.7 Å². The zero-order valence-corrected chi connectivity index (χ0v) is 32.5. The number of aliphatic hydroxyl groups excluding tert-OH is 1. The average molecular weight is 797 g/mol. The number of hydrogen-bond donors (Lipinski definition) is 7. The van der Waals surface area contributed by atoms with Crippen LogP contribution in [0.2, 0.25) is 10.0 Å². The summed E-state index contributed by atoms with van der Waals surface area (Å²) in [5.74, 6) is -5.26. The third kappa shape index (κ3) is 15.5. The van der Waals surface area contributed by atoms with Gasteiger partial charge in [0.2, 0.25) is 17.7 Å². The van der Waals surface area contributed by atoms with Crippen molar-refractivity contribution in [2.45, 2.75) is 97.0 Å². The number of aliphatic carboxylic acids is 1. The Morgan fingerprint density at radius 3 is 2.04 bits per heavy atom. The monoisotopic (exact) mass is 795 g/mol. The van der Waals surface area contributed by atoms with E-state index in [4.69, 9.17) is 43.5 Å². The number of hydrogen-bond acceptors (Lipinski definition) is 10. The summed E-state index contributed by atoms with van der Waals surface area (Å²) in [6.07, 6.45) is -1.60. The van der Waals surface area contributed by atoms with E-state index in [1.807, 2.05) is 44.2 Å². The minimum absolute atomic E-state index is 0.0171. The second kappa shape index (κ2) is 22.7. The fourth-order valence-corrected chi connectivity index (χ4v) is 5.83. The van der Waals surface area contributed by atoms with E-state index >= 15 is 0 Å². The largest absolute Gasteiger partial charge is 0.481 e. The van der Waals surface area contributed by atoms with Gasteiger partial charge in [-0.2, -0.15) is 0 Å². The van der Waals surface area contributed by atoms with Crippen LogP contribution in [0.5, 0.6) is 5.75 Å². The molecule has 54 heavy (non-hydrogen) atoms. The van der Waals surface area contributed by atoms with Crippen LogP contribution >= 0.6 is 23.2 Å². The molecule has 15 nitrogen and oxygen atoms in total. The number of aliphatic hydroxyl groups is 1. The molecule has 0 unspecified atom stereocenters. The molecular formula is C37H51Cl2N5O10. The van der Waals surface area contributed by atoms with Gasteiger partial charge in [0, 0.05) is 12.1 Å². The van der Waals surface area contributed by atoms with Crippen LogP contribution in [0.3, 0.4) is 0 Å². The van der Waals surface area contributed by atoms with Gasteiger partial charge in [-0.15, -0.1) is 0 Å². The van der Waals surface area contributed by atoms with Crippen LogP contribution in [-0.2, 0) is 39.9 Å². The van der Waals surface area contributed by atoms with Crippen LogP contribution in [0.15, 0.2) is 42.5 Å². The summed E-state index contributed by atoms with van der Waals surface area (Å²) in [7, 11) is 0. The summed E-state index contributed by atoms with van der Waals surface area (Å²) in [6.45, 7) is 8.40. The Morgan fingerprint density at radius 1 is 0.852 bits per heavy atom. The lowest BCUT2D eigenvalue weighted by Crippen LogP contribution is -2.59. The summed E-state index contributed by atoms with van der Waals surface area (Å²) >= 11 is 12.6. The number of nitrogens with one attached hydrogen (secondary N) is 4. The van der Waals surface area contributed by atoms with Crippen LogP contribution in [-0.4, -0.2) is 89.3 Å². The molecule has 5 atom stereocenters. The van der Waals surface area contributed by atoms with Gasteiger partial charge < -0.3 is 46.7 Å². The molecule has 0 aliphatic rings. The van der Waals surface area contributed by atoms with Crippen LogP contribution in [0, 0.1) is 11.8 Å². The Hall–Kier alpha value is -4.44. The van der Waals surface area contributed by atoms with E-state index in [0.717, 1.165) is 5.56 Å². The first kappa shape index (κ1) is 45.7. The smallest absolute Gasteiger partial charge is 0.344 e. The van der Waals surface area contributed by atoms with E-state index in [1.165, 1.54) is 12.1 Å². The highest BCUT2D eigenvalue weighted by molar-refractivity contribution is 6.37. The summed E-state index contributed by atoms with van der Waals surface area (Å²) in [5, 5.41) is 30.8. The zero-order valence-electron chi connectivity index (χ0n) is 31.0. The Morgan fingerprint density at radius 2 is 1.48 bits per heavy atom. The van der Waals surface area contributed by atoms with Crippen LogP contribution in [0.1, 0.15) is 65.9 Å². The van der Waals surface area contributed by atoms with Crippen molar-refractivity contribution in [3.8, 4) is 5.75 Å². The van der Waals surface area contributed by atoms with Gasteiger partial charge in [0.25, 0.3) is 5.91 Å². The second-order valence-electron chi connectivity index (χ2n) is 13.4. The van der Waals surface area contributed by atoms with Gasteiger partial charge in [-0.05, 0) is 62.1 Å². The lowest BCUT2D eigenvalue weighted by molar-refractivity contribution is -0.145. The standard InChI is InChI=1S/C37H51Cl2N5O10/c1-6-53-30(47)19-54-33-24(38)17-23(18-25(33)39)41-37(52)32(48)27(14-12-22-10-8-7-9-11-22)42-35(50)28(16-20(2)3)43-36(51)31(21(4)5)44-34(49)26(40)13-15-29(45)46/h7-11,17-18,20-21,26-28,31-32,48H,6,12-16,19,40H2,1-5H3,(H,41,52)(H,42,50)(H,43,51)(H,44,49)(H,45,46)/t26-,27-,28-,31-,32+/m0/s1. The molecule has 2 rings (SSSR count). The highest BCUT2D eigenvalue weighted by Crippen LogP contribution is 2.36. The molecule has 2 aromatic carbocycles. The number of ether oxygens (including phenoxy) is 2. The summed E-state index contributed by atoms with van der Waals surface area (Å²) < 4.78 is 10.2. The SMILES string of the molecule is CCOC(=O)COc1c(Cl)cc(NC(=O)[C@H](O)[C@H](CCc2ccccc2)NC(=O)[C@H](CC(C)C)NC(=O)[C@@H](NC(=O)[C@@H](N)CCC(=O)O)C(C)C)cc1Cl. The summed E-state index contributed by atoms with van der Waals surface area (Å²) in [6, 6.07) is 7.28. The van der Waals surface area contributed by atoms with Gasteiger partial charge in [-0.3, -0.25) is 24.0 Å². The van der Waals surface area contributed by atoms with E-state index in [1.54, 1.807) is 20.8 Å². The first-order valence-electron chi connectivity index (χ1n) is 17.6. The topological polar surface area (TPSA) is 235 Å². The van der Waals surface area contributed by atoms with E-state index in [-0.39, 0.29) is 59.7 Å². The molecule has 298 valence electrons. The number of anilines is 1. The number of rotatable bonds is 22. The van der Waals surface area contributed by atoms with Gasteiger partial charge in [-0.1, -0.05) is 81.2 Å². The lowest BCUT2D eigenvalue weighted by Gasteiger charge is -2.29. The molecule has 0 saturated carbocycles. The van der Waals surface area contributed by atoms with Gasteiger partial charge >= 0.3 is 11.9 Å². The maximum absolute atomic E-state index is 13.9. The Labute approximate surface area is 325 Å². The zero-order chi connectivity index (χ0) is 40.5. The summed E-state index contributed by atoms with van der Waals surface area (Å²) in [4.78, 5) is 76.2. The fourth-order valence-electron chi connectivity index (χ4n) is 5.23. The minimum atomic E-state index is -1.79. The molecule has 0 aliphatic heterocycles. The van der Waals surface area contributed by atoms with Crippen molar-refractivity contribution in [1.82, 2.24) is 16.0 Å². The van der Waals surface area contributed by atoms with Crippen molar-refractivity contribution in [3.63, 3.8) is 0 Å². The van der Waals surface area contributed by atoms with E-state index < -0.39 is 78.4 Å². The van der Waals surface area contributed by atoms with Gasteiger partial charge in [-0.25, -0.2) is 4.79 Å². The van der Waals surface area contributed by atoms with Crippen molar-refractivity contribution in [1.29, 1.82) is 0 Å². The number of carbonyl (C=O) groups excluding carboxylic acids is 5. The quantitative estimate of drug-likeness (QED) is 0.0855. The number of carboxylic acids is 1. The number of nitrogens with two attached hydrogens (primary N) is 1. The second-order valence-corrected chi connectivity index (χ2v) is 14.2. The minimum Gasteiger partial charge on any atom is -0.481 e. The number of carbonyl (C=O) groups is 6. The molecule has 0 bridgehead atoms. The normalized spacial score (nSPS) is 13.9. The number of amides is 4. The fraction of sp³-hybridized carbons (Fsp3) is 0.514. The highest BCUT2D eigenvalue weighted by atomic mass is 35.5. The molecule has 0 fully saturated rings. The molecule has 0 spiro atoms. The molecule has 0 aromatic heterocycles. The van der Waals surface area contributed by atoms with Crippen molar-refractivity contribution in [2.75, 3.05) is 18.5 Å². The first-order chi connectivity index (χ1) is 25.4. The Bertz CT molecular complexity index is 1570. The van der Waals surface area contributed by atoms with Crippen molar-refractivity contribution >= 4 is 64.5 Å². The number of carboxylic acid groups (broad SMARTS) is 1. The summed E-state index contributed by atoms with van der Waals surface area (Å²) in [5.41, 5.74) is 6.82. The number of aryl methyl sites for hydroxylation is 1. The number of benzene rings is 2. The maximum atomic E-state index is 13.9. The molecule has 2 aromatic rings. The van der Waals surface area contributed by atoms with E-state index in [2.05, 4.69) is 21.3 Å². The predicted octanol–water partition coefficient (Wildman–Crippen LogP) is 3.22. The third-order valence-corrected chi connectivity index (χ3v) is 8.62. The van der Waals surface area contributed by atoms with Crippen LogP contribution in [0.4, 0.5) is 5.69 Å². The molecule has 0 saturated heterocycles. The average Bonchev–Trinajstić information content (AvgIpc) is 3.10. The van der Waals surface area contributed by atoms with Crippen LogP contribution in [0.25, 0.3) is 0 Å². The first-order valence-corrected chi connectivity index (χ1v) is 18.4. The molecule has 0 aliphatic carbocycles. The predicted molar refractivity (Wildman–Crippen MR) is 203 cm³/mol. The van der Waals surface area contributed by atoms with Crippen molar-refractivity contribution in [2.24, 2.45) is 17.6 Å². The Balaban J connectivity index is 2.28. The molecule has 8 N–H and O–H groups in total. The number of esters is 1. The van der Waals surface area contributed by atoms with Crippen molar-refractivity contribution in [3.05, 3.63) is 58.1 Å². The Kier molecular flexibility index (Phi) is 19.2. The van der Waals surface area contributed by atoms with Crippen molar-refractivity contribution < 1.29 is 48.5 Å². The molecule has 0 heterocycles. The molecule has 4 amide bonds. The molecular weight excluding hydrogens is 745 g/mol. The van der Waals surface area contributed by atoms with Gasteiger partial charge in [0.15, 0.2) is 18.5 Å². The van der Waals surface area contributed by atoms with E-state index in [9.17, 15) is 33.9 Å². The molecule has 17 heteroatoms. The highest BCUT2D eigenvalue weighted by Gasteiger charge is 2.34. The maximum Gasteiger partial charge on any atom is 0.344 e. The van der Waals surface area contributed by atoms with Crippen LogP contribution < -0.4 is 31.7 Å². The third-order valence-electron chi connectivity index (χ3n) is 8.06. The molecule has 0 radical (unpaired) electrons. The number of halogens is 2. The van der Waals surface area contributed by atoms with Gasteiger partial charge in [0.1, 0.15) is 12.1 Å².